The van der Waals surface area contributed by atoms with Gasteiger partial charge in [0.05, 0.1) is 0 Å². The molecule has 0 bridgehead atoms. The minimum atomic E-state index is -3.57. The van der Waals surface area contributed by atoms with Crippen LogP contribution < -0.4 is 10.6 Å². The van der Waals surface area contributed by atoms with Gasteiger partial charge in [0.25, 0.3) is 7.37 Å². The summed E-state index contributed by atoms with van der Waals surface area (Å²) in [7, 11) is -3.57. The highest BCUT2D eigenvalue weighted by atomic mass is 31.2. The molecule has 0 aliphatic rings. The number of hydrogen-bond acceptors (Lipinski definition) is 6. The standard InChI is InChI=1S/C23H25O6P/c1-17(2)22(24)27-15-19(16-28-23(25)18(3)4)29-30(26,20-11-7-5-8-12-20)21-13-9-6-10-14-21/h5-14,19H,1,3,15-16H2,2,4H3. The first-order chi connectivity index (χ1) is 14.2. The SMILES string of the molecule is C=C(C)C(=O)OCC(COC(=O)C(=C)C)OP(=O)(c1ccccc1)c1ccccc1. The van der Waals surface area contributed by atoms with Crippen molar-refractivity contribution in [2.24, 2.45) is 0 Å². The van der Waals surface area contributed by atoms with E-state index in [1.807, 2.05) is 0 Å². The first-order valence-electron chi connectivity index (χ1n) is 9.29. The van der Waals surface area contributed by atoms with Crippen LogP contribution in [-0.4, -0.2) is 31.3 Å². The highest BCUT2D eigenvalue weighted by Gasteiger charge is 2.33. The van der Waals surface area contributed by atoms with E-state index in [9.17, 15) is 14.2 Å². The summed E-state index contributed by atoms with van der Waals surface area (Å²) in [5, 5.41) is 0.942. The zero-order valence-corrected chi connectivity index (χ0v) is 18.0. The second-order valence-corrected chi connectivity index (χ2v) is 9.05. The fourth-order valence-corrected chi connectivity index (χ4v) is 4.63. The lowest BCUT2D eigenvalue weighted by Crippen LogP contribution is -2.31. The second-order valence-electron chi connectivity index (χ2n) is 6.71. The van der Waals surface area contributed by atoms with Gasteiger partial charge in [-0.3, -0.25) is 4.57 Å². The van der Waals surface area contributed by atoms with Crippen molar-refractivity contribution in [2.75, 3.05) is 13.2 Å². The Labute approximate surface area is 176 Å². The molecule has 2 aromatic carbocycles. The maximum Gasteiger partial charge on any atom is 0.333 e. The van der Waals surface area contributed by atoms with E-state index in [1.54, 1.807) is 60.7 Å². The first-order valence-corrected chi connectivity index (χ1v) is 10.9. The molecule has 0 N–H and O–H groups in total. The van der Waals surface area contributed by atoms with Gasteiger partial charge in [-0.1, -0.05) is 49.6 Å². The molecule has 0 aliphatic carbocycles. The normalized spacial score (nSPS) is 11.0. The van der Waals surface area contributed by atoms with Crippen molar-refractivity contribution in [3.05, 3.63) is 85.0 Å². The van der Waals surface area contributed by atoms with Gasteiger partial charge in [-0.2, -0.15) is 0 Å². The molecule has 0 saturated carbocycles. The molecular formula is C23H25O6P. The zero-order valence-electron chi connectivity index (χ0n) is 17.1. The number of carbonyl (C=O) groups excluding carboxylic acids is 2. The van der Waals surface area contributed by atoms with Crippen LogP contribution in [0.25, 0.3) is 0 Å². The molecule has 0 atom stereocenters. The third kappa shape index (κ3) is 6.28. The van der Waals surface area contributed by atoms with Gasteiger partial charge in [0.2, 0.25) is 0 Å². The Balaban J connectivity index is 2.34. The molecule has 0 heterocycles. The molecule has 30 heavy (non-hydrogen) atoms. The van der Waals surface area contributed by atoms with Gasteiger partial charge in [0, 0.05) is 21.8 Å². The summed E-state index contributed by atoms with van der Waals surface area (Å²) in [6, 6.07) is 17.4. The second kappa shape index (κ2) is 10.7. The van der Waals surface area contributed by atoms with Crippen LogP contribution in [0.2, 0.25) is 0 Å². The van der Waals surface area contributed by atoms with Gasteiger partial charge >= 0.3 is 11.9 Å². The minimum Gasteiger partial charge on any atom is -0.459 e. The molecule has 0 fully saturated rings. The third-order valence-electron chi connectivity index (χ3n) is 3.99. The van der Waals surface area contributed by atoms with Gasteiger partial charge in [0.1, 0.15) is 19.3 Å². The lowest BCUT2D eigenvalue weighted by molar-refractivity contribution is -0.146. The number of rotatable bonds is 10. The van der Waals surface area contributed by atoms with Crippen LogP contribution in [0.4, 0.5) is 0 Å². The summed E-state index contributed by atoms with van der Waals surface area (Å²) in [4.78, 5) is 23.7. The Morgan fingerprint density at radius 3 is 1.50 bits per heavy atom. The average Bonchev–Trinajstić information content (AvgIpc) is 2.76. The highest BCUT2D eigenvalue weighted by Crippen LogP contribution is 2.46. The molecule has 2 aromatic rings. The van der Waals surface area contributed by atoms with Crippen molar-refractivity contribution < 1.29 is 28.2 Å². The summed E-state index contributed by atoms with van der Waals surface area (Å²) < 4.78 is 30.4. The van der Waals surface area contributed by atoms with E-state index in [-0.39, 0.29) is 24.4 Å². The summed E-state index contributed by atoms with van der Waals surface area (Å²) in [5.41, 5.74) is 0.420. The third-order valence-corrected chi connectivity index (χ3v) is 6.54. The summed E-state index contributed by atoms with van der Waals surface area (Å²) >= 11 is 0. The van der Waals surface area contributed by atoms with Gasteiger partial charge in [-0.15, -0.1) is 0 Å². The molecule has 0 spiro atoms. The molecule has 0 amide bonds. The Morgan fingerprint density at radius 1 is 0.800 bits per heavy atom. The van der Waals surface area contributed by atoms with E-state index < -0.39 is 25.4 Å². The van der Waals surface area contributed by atoms with E-state index in [2.05, 4.69) is 13.2 Å². The van der Waals surface area contributed by atoms with Gasteiger partial charge in [-0.05, 0) is 38.1 Å². The van der Waals surface area contributed by atoms with Crippen molar-refractivity contribution in [1.82, 2.24) is 0 Å². The monoisotopic (exact) mass is 428 g/mol. The molecule has 0 aromatic heterocycles. The molecule has 0 unspecified atom stereocenters. The van der Waals surface area contributed by atoms with Crippen molar-refractivity contribution in [3.63, 3.8) is 0 Å². The van der Waals surface area contributed by atoms with Crippen molar-refractivity contribution in [3.8, 4) is 0 Å². The fourth-order valence-electron chi connectivity index (χ4n) is 2.42. The van der Waals surface area contributed by atoms with Crippen molar-refractivity contribution >= 4 is 29.9 Å². The Hall–Kier alpha value is -2.95. The predicted molar refractivity (Wildman–Crippen MR) is 116 cm³/mol. The van der Waals surface area contributed by atoms with Crippen molar-refractivity contribution in [2.45, 2.75) is 20.0 Å². The first kappa shape index (κ1) is 23.3. The molecule has 158 valence electrons. The molecule has 2 rings (SSSR count). The van der Waals surface area contributed by atoms with E-state index in [4.69, 9.17) is 14.0 Å². The van der Waals surface area contributed by atoms with Crippen LogP contribution in [0.3, 0.4) is 0 Å². The quantitative estimate of drug-likeness (QED) is 0.327. The Kier molecular flexibility index (Phi) is 8.34. The average molecular weight is 428 g/mol. The Bertz CT molecular complexity index is 879. The van der Waals surface area contributed by atoms with E-state index in [0.717, 1.165) is 0 Å². The summed E-state index contributed by atoms with van der Waals surface area (Å²) in [6.07, 6.45) is -0.970. The van der Waals surface area contributed by atoms with Crippen LogP contribution in [0.1, 0.15) is 13.8 Å². The zero-order chi connectivity index (χ0) is 22.1. The molecular weight excluding hydrogens is 403 g/mol. The van der Waals surface area contributed by atoms with Gasteiger partial charge in [-0.25, -0.2) is 9.59 Å². The number of benzene rings is 2. The largest absolute Gasteiger partial charge is 0.459 e. The van der Waals surface area contributed by atoms with Crippen molar-refractivity contribution in [1.29, 1.82) is 0 Å². The topological polar surface area (TPSA) is 78.9 Å². The maximum atomic E-state index is 14.0. The minimum absolute atomic E-state index is 0.210. The van der Waals surface area contributed by atoms with Crippen LogP contribution in [0.5, 0.6) is 0 Å². The highest BCUT2D eigenvalue weighted by molar-refractivity contribution is 7.74. The molecule has 0 aliphatic heterocycles. The van der Waals surface area contributed by atoms with Gasteiger partial charge < -0.3 is 14.0 Å². The lowest BCUT2D eigenvalue weighted by atomic mass is 10.3. The Morgan fingerprint density at radius 2 is 1.17 bits per heavy atom. The molecule has 6 nitrogen and oxygen atoms in total. The lowest BCUT2D eigenvalue weighted by Gasteiger charge is -2.25. The van der Waals surface area contributed by atoms with Crippen LogP contribution in [0, 0.1) is 0 Å². The van der Waals surface area contributed by atoms with E-state index in [1.165, 1.54) is 13.8 Å². The fraction of sp³-hybridized carbons (Fsp3) is 0.217. The smallest absolute Gasteiger partial charge is 0.333 e. The summed E-state index contributed by atoms with van der Waals surface area (Å²) in [6.45, 7) is 9.56. The van der Waals surface area contributed by atoms with Crippen LogP contribution in [0.15, 0.2) is 85.0 Å². The number of esters is 2. The van der Waals surface area contributed by atoms with Crippen LogP contribution in [-0.2, 0) is 28.2 Å². The summed E-state index contributed by atoms with van der Waals surface area (Å²) in [5.74, 6) is -1.24. The molecule has 7 heteroatoms. The van der Waals surface area contributed by atoms with E-state index in [0.29, 0.717) is 10.6 Å². The predicted octanol–water partition coefficient (Wildman–Crippen LogP) is 3.54. The number of ether oxygens (including phenoxy) is 2. The number of carbonyl (C=O) groups is 2. The van der Waals surface area contributed by atoms with Gasteiger partial charge in [0.15, 0.2) is 0 Å². The molecule has 0 saturated heterocycles. The maximum absolute atomic E-state index is 14.0. The number of hydrogen-bond donors (Lipinski definition) is 0. The van der Waals surface area contributed by atoms with Crippen LogP contribution >= 0.6 is 7.37 Å². The molecule has 0 radical (unpaired) electrons. The van der Waals surface area contributed by atoms with E-state index >= 15 is 0 Å².